The van der Waals surface area contributed by atoms with Crippen molar-refractivity contribution in [2.45, 2.75) is 13.5 Å². The molecule has 0 atom stereocenters. The first kappa shape index (κ1) is 25.4. The fourth-order valence-electron chi connectivity index (χ4n) is 3.68. The van der Waals surface area contributed by atoms with E-state index in [1.165, 1.54) is 20.3 Å². The number of hydrogen-bond donors (Lipinski definition) is 0. The van der Waals surface area contributed by atoms with Gasteiger partial charge in [-0.15, -0.1) is 0 Å². The minimum Gasteiger partial charge on any atom is -0.493 e. The summed E-state index contributed by atoms with van der Waals surface area (Å²) in [5.74, 6) is 0.273. The normalized spacial score (nSPS) is 10.8. The van der Waals surface area contributed by atoms with E-state index in [1.54, 1.807) is 55.5 Å². The highest BCUT2D eigenvalue weighted by molar-refractivity contribution is 6.35. The highest BCUT2D eigenvalue weighted by atomic mass is 35.5. The Morgan fingerprint density at radius 1 is 0.944 bits per heavy atom. The number of halogens is 2. The Labute approximate surface area is 217 Å². The summed E-state index contributed by atoms with van der Waals surface area (Å²) in [6.45, 7) is 1.87. The zero-order valence-electron chi connectivity index (χ0n) is 19.7. The average molecular weight is 529 g/mol. The van der Waals surface area contributed by atoms with Crippen LogP contribution in [0.4, 0.5) is 0 Å². The molecule has 0 aliphatic carbocycles. The molecule has 4 rings (SSSR count). The minimum absolute atomic E-state index is 0.0541. The van der Waals surface area contributed by atoms with Crippen LogP contribution < -0.4 is 19.6 Å². The molecule has 36 heavy (non-hydrogen) atoms. The third-order valence-electron chi connectivity index (χ3n) is 5.44. The first-order chi connectivity index (χ1) is 17.4. The van der Waals surface area contributed by atoms with E-state index >= 15 is 0 Å². The summed E-state index contributed by atoms with van der Waals surface area (Å²) in [5.41, 5.74) is 0.846. The molecule has 0 saturated carbocycles. The molecular weight excluding hydrogens is 507 g/mol. The van der Waals surface area contributed by atoms with Gasteiger partial charge in [-0.2, -0.15) is 0 Å². The van der Waals surface area contributed by atoms with E-state index in [2.05, 4.69) is 0 Å². The van der Waals surface area contributed by atoms with Gasteiger partial charge in [-0.1, -0.05) is 35.3 Å². The van der Waals surface area contributed by atoms with Crippen molar-refractivity contribution in [1.29, 1.82) is 0 Å². The largest absolute Gasteiger partial charge is 0.493 e. The smallest absolute Gasteiger partial charge is 0.375 e. The van der Waals surface area contributed by atoms with Crippen molar-refractivity contribution in [1.82, 2.24) is 0 Å². The van der Waals surface area contributed by atoms with Crippen LogP contribution in [0.2, 0.25) is 10.0 Å². The molecule has 1 heterocycles. The van der Waals surface area contributed by atoms with Crippen LogP contribution in [0.5, 0.6) is 17.2 Å². The standard InChI is InChI=1S/C27H22Cl2O7/c1-4-34-27(31)26-24(15-8-11-21(32-2)23(12-15)33-3)25(30)17-10-9-16(13-22(17)36-26)35-14-18-19(28)6-5-7-20(18)29/h5-13H,4,14H2,1-3H3. The van der Waals surface area contributed by atoms with Gasteiger partial charge in [-0.05, 0) is 48.9 Å². The molecule has 0 aliphatic heterocycles. The molecule has 0 saturated heterocycles. The summed E-state index contributed by atoms with van der Waals surface area (Å²) in [6, 6.07) is 14.8. The van der Waals surface area contributed by atoms with Crippen LogP contribution in [-0.2, 0) is 11.3 Å². The predicted molar refractivity (Wildman–Crippen MR) is 138 cm³/mol. The van der Waals surface area contributed by atoms with E-state index in [9.17, 15) is 9.59 Å². The van der Waals surface area contributed by atoms with Gasteiger partial charge in [-0.3, -0.25) is 4.79 Å². The topological polar surface area (TPSA) is 84.2 Å². The third kappa shape index (κ3) is 4.98. The SMILES string of the molecule is CCOC(=O)c1oc2cc(OCc3c(Cl)cccc3Cl)ccc2c(=O)c1-c1ccc(OC)c(OC)c1. The molecule has 0 spiro atoms. The van der Waals surface area contributed by atoms with Crippen molar-refractivity contribution in [2.75, 3.05) is 20.8 Å². The number of rotatable bonds is 8. The monoisotopic (exact) mass is 528 g/mol. The number of methoxy groups -OCH3 is 2. The van der Waals surface area contributed by atoms with Crippen molar-refractivity contribution >= 4 is 40.1 Å². The van der Waals surface area contributed by atoms with Crippen molar-refractivity contribution in [3.63, 3.8) is 0 Å². The summed E-state index contributed by atoms with van der Waals surface area (Å²) < 4.78 is 27.6. The molecular formula is C27H22Cl2O7. The summed E-state index contributed by atoms with van der Waals surface area (Å²) in [4.78, 5) is 26.4. The highest BCUT2D eigenvalue weighted by Gasteiger charge is 2.24. The Kier molecular flexibility index (Phi) is 7.72. The lowest BCUT2D eigenvalue weighted by atomic mass is 10.0. The minimum atomic E-state index is -0.768. The second kappa shape index (κ2) is 10.9. The molecule has 0 radical (unpaired) electrons. The number of fused-ring (bicyclic) bond motifs is 1. The van der Waals surface area contributed by atoms with Gasteiger partial charge in [0.1, 0.15) is 17.9 Å². The molecule has 0 N–H and O–H groups in total. The number of ether oxygens (including phenoxy) is 4. The molecule has 0 bridgehead atoms. The molecule has 1 aromatic heterocycles. The quantitative estimate of drug-likeness (QED) is 0.240. The number of carbonyl (C=O) groups excluding carboxylic acids is 1. The predicted octanol–water partition coefficient (Wildman–Crippen LogP) is 6.54. The lowest BCUT2D eigenvalue weighted by molar-refractivity contribution is 0.0492. The van der Waals surface area contributed by atoms with Crippen molar-refractivity contribution in [3.05, 3.63) is 86.2 Å². The second-order valence-electron chi connectivity index (χ2n) is 7.57. The first-order valence-electron chi connectivity index (χ1n) is 10.9. The van der Waals surface area contributed by atoms with Crippen LogP contribution in [0, 0.1) is 0 Å². The van der Waals surface area contributed by atoms with Gasteiger partial charge in [0, 0.05) is 21.7 Å². The summed E-state index contributed by atoms with van der Waals surface area (Å²) in [7, 11) is 2.99. The van der Waals surface area contributed by atoms with E-state index in [0.29, 0.717) is 38.4 Å². The van der Waals surface area contributed by atoms with Crippen LogP contribution in [0.15, 0.2) is 63.8 Å². The molecule has 0 unspecified atom stereocenters. The van der Waals surface area contributed by atoms with Gasteiger partial charge >= 0.3 is 5.97 Å². The Bertz CT molecular complexity index is 1470. The Hall–Kier alpha value is -3.68. The maximum Gasteiger partial charge on any atom is 0.375 e. The fourth-order valence-corrected chi connectivity index (χ4v) is 4.19. The number of carbonyl (C=O) groups is 1. The van der Waals surface area contributed by atoms with Crippen LogP contribution in [0.25, 0.3) is 22.1 Å². The van der Waals surface area contributed by atoms with E-state index in [0.717, 1.165) is 0 Å². The summed E-state index contributed by atoms with van der Waals surface area (Å²) >= 11 is 12.4. The molecule has 0 fully saturated rings. The average Bonchev–Trinajstić information content (AvgIpc) is 2.88. The van der Waals surface area contributed by atoms with E-state index < -0.39 is 11.4 Å². The maximum atomic E-state index is 13.6. The van der Waals surface area contributed by atoms with Crippen LogP contribution in [0.3, 0.4) is 0 Å². The lowest BCUT2D eigenvalue weighted by Crippen LogP contribution is -2.15. The number of benzene rings is 3. The van der Waals surface area contributed by atoms with E-state index in [4.69, 9.17) is 46.6 Å². The Morgan fingerprint density at radius 3 is 2.33 bits per heavy atom. The van der Waals surface area contributed by atoms with Gasteiger partial charge in [0.15, 0.2) is 11.5 Å². The Morgan fingerprint density at radius 2 is 1.67 bits per heavy atom. The zero-order chi connectivity index (χ0) is 25.8. The van der Waals surface area contributed by atoms with E-state index in [-0.39, 0.29) is 35.5 Å². The van der Waals surface area contributed by atoms with E-state index in [1.807, 2.05) is 0 Å². The summed E-state index contributed by atoms with van der Waals surface area (Å²) in [5, 5.41) is 1.20. The molecule has 186 valence electrons. The van der Waals surface area contributed by atoms with Gasteiger partial charge in [0.25, 0.3) is 0 Å². The van der Waals surface area contributed by atoms with Crippen LogP contribution in [0.1, 0.15) is 23.0 Å². The first-order valence-corrected chi connectivity index (χ1v) is 11.7. The van der Waals surface area contributed by atoms with Gasteiger partial charge < -0.3 is 23.4 Å². The molecule has 9 heteroatoms. The van der Waals surface area contributed by atoms with Gasteiger partial charge in [0.05, 0.1) is 31.8 Å². The number of esters is 1. The molecule has 3 aromatic carbocycles. The van der Waals surface area contributed by atoms with Crippen molar-refractivity contribution in [2.24, 2.45) is 0 Å². The van der Waals surface area contributed by atoms with Crippen molar-refractivity contribution < 1.29 is 28.2 Å². The van der Waals surface area contributed by atoms with Gasteiger partial charge in [0.2, 0.25) is 11.2 Å². The third-order valence-corrected chi connectivity index (χ3v) is 6.15. The number of hydrogen-bond acceptors (Lipinski definition) is 7. The lowest BCUT2D eigenvalue weighted by Gasteiger charge is -2.13. The van der Waals surface area contributed by atoms with Crippen molar-refractivity contribution in [3.8, 4) is 28.4 Å². The maximum absolute atomic E-state index is 13.6. The van der Waals surface area contributed by atoms with Crippen LogP contribution in [-0.4, -0.2) is 26.8 Å². The molecule has 0 amide bonds. The Balaban J connectivity index is 1.81. The molecule has 4 aromatic rings. The van der Waals surface area contributed by atoms with Gasteiger partial charge in [-0.25, -0.2) is 4.79 Å². The molecule has 7 nitrogen and oxygen atoms in total. The fraction of sp³-hybridized carbons (Fsp3) is 0.185. The molecule has 0 aliphatic rings. The highest BCUT2D eigenvalue weighted by Crippen LogP contribution is 2.34. The van der Waals surface area contributed by atoms with Crippen LogP contribution >= 0.6 is 23.2 Å². The zero-order valence-corrected chi connectivity index (χ0v) is 21.2. The summed E-state index contributed by atoms with van der Waals surface area (Å²) in [6.07, 6.45) is 0. The second-order valence-corrected chi connectivity index (χ2v) is 8.39.